The van der Waals surface area contributed by atoms with E-state index in [1.165, 1.54) is 0 Å². The van der Waals surface area contributed by atoms with Gasteiger partial charge in [0.1, 0.15) is 0 Å². The predicted octanol–water partition coefficient (Wildman–Crippen LogP) is 0.485. The van der Waals surface area contributed by atoms with Crippen LogP contribution in [-0.4, -0.2) is 25.5 Å². The van der Waals surface area contributed by atoms with Crippen molar-refractivity contribution in [2.75, 3.05) is 19.4 Å². The minimum Gasteiger partial charge on any atom is -0.387 e. The summed E-state index contributed by atoms with van der Waals surface area (Å²) in [7, 11) is 3.43. The standard InChI is InChI=1S/C6H8N2.C2H5NO/c1-7-6-3-2-4-8-5-6;1-3-2-4/h2-5,7H,1H3;2H,1H3,(H,3,4). The van der Waals surface area contributed by atoms with Crippen molar-refractivity contribution in [3.05, 3.63) is 24.5 Å². The Balaban J connectivity index is 0.000000261. The number of hydrogen-bond acceptors (Lipinski definition) is 3. The molecule has 0 spiro atoms. The van der Waals surface area contributed by atoms with E-state index in [-0.39, 0.29) is 0 Å². The van der Waals surface area contributed by atoms with Crippen molar-refractivity contribution in [3.63, 3.8) is 0 Å². The smallest absolute Gasteiger partial charge is 0.206 e. The van der Waals surface area contributed by atoms with Crippen LogP contribution >= 0.6 is 0 Å². The van der Waals surface area contributed by atoms with E-state index in [0.717, 1.165) is 5.69 Å². The predicted molar refractivity (Wildman–Crippen MR) is 48.9 cm³/mol. The summed E-state index contributed by atoms with van der Waals surface area (Å²) in [6, 6.07) is 3.86. The molecule has 1 amide bonds. The van der Waals surface area contributed by atoms with Gasteiger partial charge in [-0.1, -0.05) is 0 Å². The van der Waals surface area contributed by atoms with E-state index in [1.54, 1.807) is 19.4 Å². The maximum absolute atomic E-state index is 9.06. The third kappa shape index (κ3) is 5.22. The SMILES string of the molecule is CNC=O.CNc1cccnc1. The van der Waals surface area contributed by atoms with Gasteiger partial charge < -0.3 is 10.6 Å². The van der Waals surface area contributed by atoms with Crippen LogP contribution in [-0.2, 0) is 4.79 Å². The Morgan fingerprint density at radius 2 is 2.17 bits per heavy atom. The maximum atomic E-state index is 9.06. The largest absolute Gasteiger partial charge is 0.387 e. The number of aromatic nitrogens is 1. The molecule has 0 aliphatic heterocycles. The van der Waals surface area contributed by atoms with Crippen molar-refractivity contribution in [1.29, 1.82) is 0 Å². The van der Waals surface area contributed by atoms with Gasteiger partial charge in [-0.25, -0.2) is 0 Å². The highest BCUT2D eigenvalue weighted by molar-refractivity contribution is 5.44. The fourth-order valence-corrected chi connectivity index (χ4v) is 0.511. The Labute approximate surface area is 72.0 Å². The molecule has 0 aromatic carbocycles. The Morgan fingerprint density at radius 3 is 2.42 bits per heavy atom. The number of nitrogens with zero attached hydrogens (tertiary/aromatic N) is 1. The zero-order valence-corrected chi connectivity index (χ0v) is 7.24. The molecule has 0 aliphatic rings. The molecule has 0 bridgehead atoms. The van der Waals surface area contributed by atoms with Gasteiger partial charge in [-0.05, 0) is 12.1 Å². The summed E-state index contributed by atoms with van der Waals surface area (Å²) in [5.41, 5.74) is 1.05. The second-order valence-corrected chi connectivity index (χ2v) is 1.90. The molecule has 1 heterocycles. The fourth-order valence-electron chi connectivity index (χ4n) is 0.511. The van der Waals surface area contributed by atoms with E-state index in [1.807, 2.05) is 19.2 Å². The molecule has 1 aromatic rings. The van der Waals surface area contributed by atoms with Gasteiger partial charge >= 0.3 is 0 Å². The van der Waals surface area contributed by atoms with Gasteiger partial charge in [-0.2, -0.15) is 0 Å². The number of pyridine rings is 1. The first-order valence-corrected chi connectivity index (χ1v) is 3.53. The molecule has 66 valence electrons. The Bertz CT molecular complexity index is 201. The maximum Gasteiger partial charge on any atom is 0.206 e. The number of carbonyl (C=O) groups excluding carboxylic acids is 1. The normalized spacial score (nSPS) is 7.50. The van der Waals surface area contributed by atoms with Gasteiger partial charge in [-0.15, -0.1) is 0 Å². The summed E-state index contributed by atoms with van der Waals surface area (Å²) in [6.45, 7) is 0. The molecule has 0 radical (unpaired) electrons. The summed E-state index contributed by atoms with van der Waals surface area (Å²) in [5, 5.41) is 5.21. The summed E-state index contributed by atoms with van der Waals surface area (Å²) in [6.07, 6.45) is 4.15. The molecule has 0 unspecified atom stereocenters. The molecule has 0 atom stereocenters. The Kier molecular flexibility index (Phi) is 6.54. The van der Waals surface area contributed by atoms with E-state index in [2.05, 4.69) is 15.6 Å². The van der Waals surface area contributed by atoms with E-state index in [4.69, 9.17) is 4.79 Å². The van der Waals surface area contributed by atoms with Crippen molar-refractivity contribution >= 4 is 12.1 Å². The van der Waals surface area contributed by atoms with Gasteiger partial charge in [0, 0.05) is 26.5 Å². The van der Waals surface area contributed by atoms with Gasteiger partial charge in [0.15, 0.2) is 0 Å². The molecule has 2 N–H and O–H groups in total. The third-order valence-corrected chi connectivity index (χ3v) is 1.07. The van der Waals surface area contributed by atoms with Gasteiger partial charge in [0.25, 0.3) is 0 Å². The summed E-state index contributed by atoms with van der Waals surface area (Å²) >= 11 is 0. The van der Waals surface area contributed by atoms with E-state index in [0.29, 0.717) is 6.41 Å². The highest BCUT2D eigenvalue weighted by atomic mass is 16.1. The number of nitrogens with one attached hydrogen (secondary N) is 2. The summed E-state index contributed by atoms with van der Waals surface area (Å²) in [4.78, 5) is 13.0. The van der Waals surface area contributed by atoms with Crippen molar-refractivity contribution < 1.29 is 4.79 Å². The topological polar surface area (TPSA) is 54.0 Å². The van der Waals surface area contributed by atoms with E-state index in [9.17, 15) is 0 Å². The molecule has 12 heavy (non-hydrogen) atoms. The number of anilines is 1. The van der Waals surface area contributed by atoms with Crippen LogP contribution < -0.4 is 10.6 Å². The monoisotopic (exact) mass is 167 g/mol. The van der Waals surface area contributed by atoms with Crippen molar-refractivity contribution in [1.82, 2.24) is 10.3 Å². The summed E-state index contributed by atoms with van der Waals surface area (Å²) in [5.74, 6) is 0. The lowest BCUT2D eigenvalue weighted by atomic mass is 10.4. The second-order valence-electron chi connectivity index (χ2n) is 1.90. The highest BCUT2D eigenvalue weighted by Gasteiger charge is 1.79. The highest BCUT2D eigenvalue weighted by Crippen LogP contribution is 1.98. The van der Waals surface area contributed by atoms with Crippen molar-refractivity contribution in [3.8, 4) is 0 Å². The zero-order valence-electron chi connectivity index (χ0n) is 7.24. The molecule has 0 saturated heterocycles. The van der Waals surface area contributed by atoms with Crippen LogP contribution in [0.15, 0.2) is 24.5 Å². The van der Waals surface area contributed by atoms with Crippen LogP contribution in [0.3, 0.4) is 0 Å². The molecular weight excluding hydrogens is 154 g/mol. The van der Waals surface area contributed by atoms with Gasteiger partial charge in [0.2, 0.25) is 6.41 Å². The van der Waals surface area contributed by atoms with Crippen molar-refractivity contribution in [2.24, 2.45) is 0 Å². The Hall–Kier alpha value is -1.58. The van der Waals surface area contributed by atoms with Crippen LogP contribution in [0.5, 0.6) is 0 Å². The van der Waals surface area contributed by atoms with Crippen LogP contribution in [0.2, 0.25) is 0 Å². The molecule has 0 aliphatic carbocycles. The molecule has 1 aromatic heterocycles. The molecular formula is C8H13N3O. The minimum absolute atomic E-state index is 0.625. The average Bonchev–Trinajstić information content (AvgIpc) is 2.19. The van der Waals surface area contributed by atoms with Crippen molar-refractivity contribution in [2.45, 2.75) is 0 Å². The second kappa shape index (κ2) is 7.53. The lowest BCUT2D eigenvalue weighted by Crippen LogP contribution is -1.98. The third-order valence-electron chi connectivity index (χ3n) is 1.07. The van der Waals surface area contributed by atoms with Gasteiger partial charge in [-0.3, -0.25) is 9.78 Å². The van der Waals surface area contributed by atoms with E-state index < -0.39 is 0 Å². The lowest BCUT2D eigenvalue weighted by Gasteiger charge is -1.93. The van der Waals surface area contributed by atoms with Gasteiger partial charge in [0.05, 0.1) is 5.69 Å². The molecule has 0 saturated carbocycles. The lowest BCUT2D eigenvalue weighted by molar-refractivity contribution is -0.109. The van der Waals surface area contributed by atoms with Crippen LogP contribution in [0.25, 0.3) is 0 Å². The quantitative estimate of drug-likeness (QED) is 0.630. The fraction of sp³-hybridized carbons (Fsp3) is 0.250. The molecule has 0 fully saturated rings. The first-order valence-electron chi connectivity index (χ1n) is 3.53. The van der Waals surface area contributed by atoms with E-state index >= 15 is 0 Å². The number of rotatable bonds is 2. The molecule has 4 heteroatoms. The minimum atomic E-state index is 0.625. The number of hydrogen-bond donors (Lipinski definition) is 2. The van der Waals surface area contributed by atoms with Crippen LogP contribution in [0.4, 0.5) is 5.69 Å². The first kappa shape index (κ1) is 10.4. The first-order chi connectivity index (χ1) is 5.85. The van der Waals surface area contributed by atoms with Crippen LogP contribution in [0, 0.1) is 0 Å². The molecule has 4 nitrogen and oxygen atoms in total. The summed E-state index contributed by atoms with van der Waals surface area (Å²) < 4.78 is 0. The number of carbonyl (C=O) groups is 1. The zero-order chi connectivity index (χ0) is 9.23. The van der Waals surface area contributed by atoms with Crippen LogP contribution in [0.1, 0.15) is 0 Å². The molecule has 1 rings (SSSR count). The Morgan fingerprint density at radius 1 is 1.50 bits per heavy atom. The number of amides is 1. The average molecular weight is 167 g/mol.